The van der Waals surface area contributed by atoms with Gasteiger partial charge >= 0.3 is 0 Å². The molecule has 5 nitrogen and oxygen atoms in total. The molecular formula is C17H31NO4SSi. The first-order chi connectivity index (χ1) is 11.2. The van der Waals surface area contributed by atoms with E-state index >= 15 is 0 Å². The number of hydrogen-bond donors (Lipinski definition) is 1. The molecule has 0 radical (unpaired) electrons. The summed E-state index contributed by atoms with van der Waals surface area (Å²) in [6.45, 7) is 12.8. The lowest BCUT2D eigenvalue weighted by Gasteiger charge is -2.45. The fourth-order valence-corrected chi connectivity index (χ4v) is 5.06. The van der Waals surface area contributed by atoms with Gasteiger partial charge in [-0.2, -0.15) is 0 Å². The van der Waals surface area contributed by atoms with Gasteiger partial charge < -0.3 is 14.5 Å². The van der Waals surface area contributed by atoms with Crippen LogP contribution in [0.2, 0.25) is 13.1 Å². The van der Waals surface area contributed by atoms with Gasteiger partial charge in [0.15, 0.2) is 14.2 Å². The van der Waals surface area contributed by atoms with Gasteiger partial charge in [-0.15, -0.1) is 0 Å². The van der Waals surface area contributed by atoms with Crippen molar-refractivity contribution in [2.45, 2.75) is 52.1 Å². The molecule has 4 atom stereocenters. The molecule has 2 saturated heterocycles. The molecule has 0 aliphatic carbocycles. The van der Waals surface area contributed by atoms with Gasteiger partial charge in [0.05, 0.1) is 11.3 Å². The van der Waals surface area contributed by atoms with Gasteiger partial charge in [-0.25, -0.2) is 0 Å². The molecule has 1 N–H and O–H groups in total. The molecule has 24 heavy (non-hydrogen) atoms. The lowest BCUT2D eigenvalue weighted by molar-refractivity contribution is -0.138. The monoisotopic (exact) mass is 373 g/mol. The zero-order valence-corrected chi connectivity index (χ0v) is 17.4. The summed E-state index contributed by atoms with van der Waals surface area (Å²) in [4.78, 5) is 24.5. The van der Waals surface area contributed by atoms with E-state index in [9.17, 15) is 9.59 Å². The number of amides is 1. The zero-order chi connectivity index (χ0) is 17.9. The number of ether oxygens (including phenoxy) is 1. The topological polar surface area (TPSA) is 64.6 Å². The molecular weight excluding hydrogens is 342 g/mol. The first kappa shape index (κ1) is 19.9. The molecule has 2 rings (SSSR count). The Bertz CT molecular complexity index is 460. The van der Waals surface area contributed by atoms with E-state index in [1.807, 2.05) is 0 Å². The van der Waals surface area contributed by atoms with Crippen LogP contribution in [0.15, 0.2) is 0 Å². The molecule has 0 saturated carbocycles. The van der Waals surface area contributed by atoms with E-state index in [4.69, 9.17) is 9.16 Å². The van der Waals surface area contributed by atoms with Crippen LogP contribution in [0.4, 0.5) is 0 Å². The summed E-state index contributed by atoms with van der Waals surface area (Å²) in [6, 6.07) is 0. The van der Waals surface area contributed by atoms with Crippen LogP contribution in [0.3, 0.4) is 0 Å². The summed E-state index contributed by atoms with van der Waals surface area (Å²) in [7, 11) is -1.14. The van der Waals surface area contributed by atoms with Crippen molar-refractivity contribution in [2.75, 3.05) is 19.8 Å². The number of hydrogen-bond acceptors (Lipinski definition) is 5. The summed E-state index contributed by atoms with van der Waals surface area (Å²) in [5, 5.41) is 2.96. The minimum absolute atomic E-state index is 0.0349. The van der Waals surface area contributed by atoms with Crippen LogP contribution in [0, 0.1) is 23.2 Å². The quantitative estimate of drug-likeness (QED) is 0.548. The van der Waals surface area contributed by atoms with Crippen molar-refractivity contribution in [1.29, 1.82) is 0 Å². The van der Waals surface area contributed by atoms with E-state index < -0.39 is 9.04 Å². The molecule has 0 aromatic rings. The average Bonchev–Trinajstić information content (AvgIpc) is 2.93. The number of carbonyl (C=O) groups excluding carboxylic acids is 2. The molecule has 2 aliphatic heterocycles. The fraction of sp³-hybridized carbons (Fsp3) is 0.882. The van der Waals surface area contributed by atoms with E-state index in [0.717, 1.165) is 13.0 Å². The van der Waals surface area contributed by atoms with Gasteiger partial charge in [0.25, 0.3) is 0 Å². The van der Waals surface area contributed by atoms with E-state index in [2.05, 4.69) is 39.2 Å². The third-order valence-electron chi connectivity index (χ3n) is 4.81. The highest BCUT2D eigenvalue weighted by atomic mass is 32.2. The number of thioether (sulfide) groups is 1. The molecule has 2 heterocycles. The number of carbonyl (C=O) groups is 2. The smallest absolute Gasteiger partial charge is 0.227 e. The lowest BCUT2D eigenvalue weighted by Crippen LogP contribution is -2.62. The fourth-order valence-electron chi connectivity index (χ4n) is 3.22. The van der Waals surface area contributed by atoms with Crippen LogP contribution in [0.25, 0.3) is 0 Å². The van der Waals surface area contributed by atoms with E-state index in [1.54, 1.807) is 0 Å². The minimum atomic E-state index is -1.14. The van der Waals surface area contributed by atoms with E-state index in [0.29, 0.717) is 25.6 Å². The maximum Gasteiger partial charge on any atom is 0.227 e. The highest BCUT2D eigenvalue weighted by Crippen LogP contribution is 2.41. The second kappa shape index (κ2) is 8.34. The highest BCUT2D eigenvalue weighted by Gasteiger charge is 2.49. The van der Waals surface area contributed by atoms with Gasteiger partial charge in [0.2, 0.25) is 5.91 Å². The Labute approximate surface area is 151 Å². The third-order valence-corrected chi connectivity index (χ3v) is 6.76. The molecule has 138 valence electrons. The molecule has 2 fully saturated rings. The summed E-state index contributed by atoms with van der Waals surface area (Å²) in [5.74, 6) is 0.374. The second-order valence-corrected chi connectivity index (χ2v) is 11.9. The Morgan fingerprint density at radius 2 is 2.17 bits per heavy atom. The van der Waals surface area contributed by atoms with Crippen LogP contribution in [-0.4, -0.2) is 45.3 Å². The first-order valence-electron chi connectivity index (χ1n) is 8.87. The van der Waals surface area contributed by atoms with Crippen molar-refractivity contribution in [2.24, 2.45) is 23.2 Å². The van der Waals surface area contributed by atoms with Crippen molar-refractivity contribution in [1.82, 2.24) is 5.32 Å². The van der Waals surface area contributed by atoms with Crippen molar-refractivity contribution < 1.29 is 18.8 Å². The van der Waals surface area contributed by atoms with Crippen LogP contribution < -0.4 is 5.32 Å². The lowest BCUT2D eigenvalue weighted by atomic mass is 9.71. The third kappa shape index (κ3) is 5.31. The molecule has 0 spiro atoms. The largest absolute Gasteiger partial charge is 0.420 e. The molecule has 1 unspecified atom stereocenters. The van der Waals surface area contributed by atoms with Gasteiger partial charge in [0.1, 0.15) is 0 Å². The van der Waals surface area contributed by atoms with Crippen LogP contribution >= 0.6 is 11.8 Å². The maximum absolute atomic E-state index is 12.3. The number of rotatable bonds is 7. The number of β-lactam (4-membered cyclic amide) rings is 1. The van der Waals surface area contributed by atoms with Gasteiger partial charge in [-0.05, 0) is 30.8 Å². The van der Waals surface area contributed by atoms with Crippen LogP contribution in [0.1, 0.15) is 33.6 Å². The predicted molar refractivity (Wildman–Crippen MR) is 99.3 cm³/mol. The SMILES string of the molecule is C[SiH](C)OC[C@H]([C@H]1C(=O)N[C@@H]1SC(=O)CC1CCOC1)C(C)(C)C. The van der Waals surface area contributed by atoms with Crippen LogP contribution in [0.5, 0.6) is 0 Å². The molecule has 0 aromatic carbocycles. The van der Waals surface area contributed by atoms with Crippen molar-refractivity contribution in [3.05, 3.63) is 0 Å². The average molecular weight is 374 g/mol. The van der Waals surface area contributed by atoms with Gasteiger partial charge in [-0.3, -0.25) is 9.59 Å². The Balaban J connectivity index is 1.94. The molecule has 2 aliphatic rings. The Kier molecular flexibility index (Phi) is 6.93. The van der Waals surface area contributed by atoms with E-state index in [-0.39, 0.29) is 33.6 Å². The standard InChI is InChI=1S/C17H31NO4SSi/c1-17(2,3)12(10-22-24(4)5)14-15(20)18-16(14)23-13(19)8-11-6-7-21-9-11/h11-12,14,16,24H,6-10H2,1-5H3,(H,18,20)/t11?,12-,14+,16-/m1/s1. The van der Waals surface area contributed by atoms with Crippen LogP contribution in [-0.2, 0) is 18.8 Å². The van der Waals surface area contributed by atoms with Crippen molar-refractivity contribution >= 4 is 31.8 Å². The van der Waals surface area contributed by atoms with Gasteiger partial charge in [0, 0.05) is 32.2 Å². The Morgan fingerprint density at radius 3 is 2.67 bits per heavy atom. The predicted octanol–water partition coefficient (Wildman–Crippen LogP) is 2.41. The molecule has 1 amide bonds. The molecule has 0 bridgehead atoms. The van der Waals surface area contributed by atoms with Crippen molar-refractivity contribution in [3.63, 3.8) is 0 Å². The number of nitrogens with one attached hydrogen (secondary N) is 1. The molecule has 7 heteroatoms. The Hall–Kier alpha value is -0.373. The normalized spacial score (nSPS) is 28.6. The van der Waals surface area contributed by atoms with Crippen molar-refractivity contribution in [3.8, 4) is 0 Å². The highest BCUT2D eigenvalue weighted by molar-refractivity contribution is 8.14. The minimum Gasteiger partial charge on any atom is -0.420 e. The molecule has 0 aromatic heterocycles. The zero-order valence-electron chi connectivity index (χ0n) is 15.5. The summed E-state index contributed by atoms with van der Waals surface area (Å²) in [6.07, 6.45) is 1.50. The summed E-state index contributed by atoms with van der Waals surface area (Å²) >= 11 is 1.29. The maximum atomic E-state index is 12.3. The van der Waals surface area contributed by atoms with Gasteiger partial charge in [-0.1, -0.05) is 32.5 Å². The Morgan fingerprint density at radius 1 is 1.46 bits per heavy atom. The second-order valence-electron chi connectivity index (χ2n) is 8.23. The first-order valence-corrected chi connectivity index (χ1v) is 12.5. The van der Waals surface area contributed by atoms with E-state index in [1.165, 1.54) is 11.8 Å². The summed E-state index contributed by atoms with van der Waals surface area (Å²) in [5.41, 5.74) is -0.0349. The summed E-state index contributed by atoms with van der Waals surface area (Å²) < 4.78 is 11.3.